The molecule has 0 radical (unpaired) electrons. The average Bonchev–Trinajstić information content (AvgIpc) is 3.13. The first-order valence-electron chi connectivity index (χ1n) is 18.9. The van der Waals surface area contributed by atoms with Gasteiger partial charge < -0.3 is 30.0 Å². The first kappa shape index (κ1) is 49.0. The molecule has 0 bridgehead atoms. The lowest BCUT2D eigenvalue weighted by Crippen LogP contribution is -2.40. The summed E-state index contributed by atoms with van der Waals surface area (Å²) < 4.78 is 31.1. The van der Waals surface area contributed by atoms with Crippen LogP contribution in [-0.2, 0) is 19.0 Å². The highest BCUT2D eigenvalue weighted by atomic mass is 19.1. The Labute approximate surface area is 321 Å². The summed E-state index contributed by atoms with van der Waals surface area (Å²) in [6, 6.07) is 26.4. The predicted octanol–water partition coefficient (Wildman–Crippen LogP) is 10.8. The van der Waals surface area contributed by atoms with Gasteiger partial charge in [0.1, 0.15) is 11.4 Å². The Morgan fingerprint density at radius 2 is 1.43 bits per heavy atom. The standard InChI is InChI=1S/C34H46FNO4.C6H7N.2C2H6.CH4O/c1-23(2)33(24(3)31(27-12-10-9-11-13-27)20-26-14-16-28(35)17-15-26)36(8)19-18-29-21-30(39-25(4)38-29)22-32(37)40-34(5,6)7;7-6-4-2-1-3-5-6;3*1-2/h9-17,20,23,25,29-30H,18-19,21-22H2,1-8H3;1-5H,7H2;2*1-2H3;2H,1H3/b31-20-,33-24-;;;;. The lowest BCUT2D eigenvalue weighted by atomic mass is 9.91. The molecule has 3 N–H and O–H groups in total. The van der Waals surface area contributed by atoms with E-state index >= 15 is 0 Å². The zero-order valence-electron chi connectivity index (χ0n) is 34.8. The second-order valence-corrected chi connectivity index (χ2v) is 13.4. The number of ether oxygens (including phenoxy) is 3. The molecule has 53 heavy (non-hydrogen) atoms. The summed E-state index contributed by atoms with van der Waals surface area (Å²) in [6.07, 6.45) is 3.20. The average molecular weight is 737 g/mol. The molecular weight excluding hydrogens is 668 g/mol. The first-order chi connectivity index (χ1) is 25.2. The number of nitrogens with two attached hydrogens (primary N) is 1. The van der Waals surface area contributed by atoms with Gasteiger partial charge in [0.2, 0.25) is 0 Å². The van der Waals surface area contributed by atoms with Gasteiger partial charge in [-0.2, -0.15) is 0 Å². The van der Waals surface area contributed by atoms with Crippen molar-refractivity contribution in [2.75, 3.05) is 26.4 Å². The van der Waals surface area contributed by atoms with Crippen LogP contribution in [0.3, 0.4) is 0 Å². The zero-order valence-corrected chi connectivity index (χ0v) is 34.8. The van der Waals surface area contributed by atoms with Crippen molar-refractivity contribution in [3.05, 3.63) is 113 Å². The van der Waals surface area contributed by atoms with Crippen LogP contribution in [0.1, 0.15) is 107 Å². The van der Waals surface area contributed by atoms with Crippen molar-refractivity contribution < 1.29 is 28.5 Å². The van der Waals surface area contributed by atoms with E-state index in [1.165, 1.54) is 23.4 Å². The fourth-order valence-electron chi connectivity index (χ4n) is 5.83. The van der Waals surface area contributed by atoms with Crippen LogP contribution in [0.2, 0.25) is 0 Å². The molecule has 0 saturated carbocycles. The summed E-state index contributed by atoms with van der Waals surface area (Å²) in [5.74, 6) is -0.212. The van der Waals surface area contributed by atoms with Crippen LogP contribution in [-0.4, -0.2) is 60.8 Å². The number of para-hydroxylation sites is 1. The number of carbonyl (C=O) groups is 1. The number of nitrogens with zero attached hydrogens (tertiary/aromatic N) is 1. The van der Waals surface area contributed by atoms with E-state index in [0.29, 0.717) is 6.42 Å². The minimum atomic E-state index is -0.517. The van der Waals surface area contributed by atoms with Gasteiger partial charge in [0.25, 0.3) is 0 Å². The number of esters is 1. The maximum absolute atomic E-state index is 13.6. The Morgan fingerprint density at radius 1 is 0.925 bits per heavy atom. The van der Waals surface area contributed by atoms with Crippen molar-refractivity contribution >= 4 is 23.3 Å². The van der Waals surface area contributed by atoms with Crippen molar-refractivity contribution in [3.8, 4) is 0 Å². The van der Waals surface area contributed by atoms with E-state index in [4.69, 9.17) is 25.1 Å². The van der Waals surface area contributed by atoms with E-state index in [1.54, 1.807) is 0 Å². The third kappa shape index (κ3) is 19.6. The van der Waals surface area contributed by atoms with E-state index in [-0.39, 0.29) is 42.6 Å². The fourth-order valence-corrected chi connectivity index (χ4v) is 5.83. The largest absolute Gasteiger partial charge is 0.460 e. The molecule has 1 heterocycles. The summed E-state index contributed by atoms with van der Waals surface area (Å²) in [7, 11) is 3.13. The molecule has 1 aliphatic rings. The summed E-state index contributed by atoms with van der Waals surface area (Å²) >= 11 is 0. The monoisotopic (exact) mass is 737 g/mol. The van der Waals surface area contributed by atoms with Crippen molar-refractivity contribution in [2.24, 2.45) is 5.92 Å². The van der Waals surface area contributed by atoms with Crippen molar-refractivity contribution in [1.29, 1.82) is 0 Å². The third-order valence-electron chi connectivity index (χ3n) is 7.71. The Kier molecular flexibility index (Phi) is 24.7. The van der Waals surface area contributed by atoms with E-state index in [9.17, 15) is 9.18 Å². The fraction of sp³-hybridized carbons (Fsp3) is 0.489. The van der Waals surface area contributed by atoms with Gasteiger partial charge in [0, 0.05) is 38.5 Å². The number of hydrogen-bond donors (Lipinski definition) is 2. The van der Waals surface area contributed by atoms with Crippen LogP contribution in [0.25, 0.3) is 11.6 Å². The van der Waals surface area contributed by atoms with E-state index in [0.717, 1.165) is 42.5 Å². The number of rotatable bonds is 10. The molecule has 3 unspecified atom stereocenters. The smallest absolute Gasteiger partial charge is 0.308 e. The maximum Gasteiger partial charge on any atom is 0.308 e. The molecule has 8 heteroatoms. The molecule has 3 atom stereocenters. The van der Waals surface area contributed by atoms with Crippen molar-refractivity contribution in [2.45, 2.75) is 120 Å². The van der Waals surface area contributed by atoms with Crippen LogP contribution in [0.5, 0.6) is 0 Å². The molecule has 1 aliphatic heterocycles. The number of carbonyl (C=O) groups excluding carboxylic acids is 1. The molecule has 296 valence electrons. The number of nitrogen functional groups attached to an aromatic ring is 1. The number of aliphatic hydroxyl groups is 1. The minimum absolute atomic E-state index is 0.0179. The van der Waals surface area contributed by atoms with Gasteiger partial charge in [0.05, 0.1) is 18.6 Å². The van der Waals surface area contributed by atoms with Crippen molar-refractivity contribution in [3.63, 3.8) is 0 Å². The molecule has 7 nitrogen and oxygen atoms in total. The minimum Gasteiger partial charge on any atom is -0.460 e. The molecule has 0 aromatic heterocycles. The lowest BCUT2D eigenvalue weighted by molar-refractivity contribution is -0.237. The van der Waals surface area contributed by atoms with Gasteiger partial charge in [-0.3, -0.25) is 4.79 Å². The van der Waals surface area contributed by atoms with Gasteiger partial charge in [-0.25, -0.2) is 4.39 Å². The van der Waals surface area contributed by atoms with Gasteiger partial charge in [-0.05, 0) is 99.6 Å². The summed E-state index contributed by atoms with van der Waals surface area (Å²) in [5.41, 5.74) is 11.3. The topological polar surface area (TPSA) is 94.2 Å². The molecule has 3 aromatic carbocycles. The quantitative estimate of drug-likeness (QED) is 0.0926. The Bertz CT molecular complexity index is 1450. The van der Waals surface area contributed by atoms with Gasteiger partial charge >= 0.3 is 5.97 Å². The summed E-state index contributed by atoms with van der Waals surface area (Å²) in [6.45, 7) is 22.9. The molecule has 0 spiro atoms. The van der Waals surface area contributed by atoms with E-state index < -0.39 is 5.60 Å². The Hall–Kier alpha value is -3.98. The van der Waals surface area contributed by atoms with Crippen LogP contribution in [0, 0.1) is 11.7 Å². The molecule has 1 saturated heterocycles. The van der Waals surface area contributed by atoms with E-state index in [1.807, 2.05) is 116 Å². The normalized spacial score (nSPS) is 17.1. The first-order valence-corrected chi connectivity index (χ1v) is 18.9. The zero-order chi connectivity index (χ0) is 40.6. The highest BCUT2D eigenvalue weighted by Crippen LogP contribution is 2.32. The summed E-state index contributed by atoms with van der Waals surface area (Å²) in [4.78, 5) is 14.7. The van der Waals surface area contributed by atoms with E-state index in [2.05, 4.69) is 50.9 Å². The van der Waals surface area contributed by atoms with Gasteiger partial charge in [0.15, 0.2) is 6.29 Å². The SMILES string of the molecule is CC.CC.CC(=C(\C(C)C)N(C)CCC1CC(CC(=O)OC(C)(C)C)OC(C)O1)/C(=C/c1ccc(F)cc1)c1ccccc1.CO.Nc1ccccc1. The molecular formula is C45H69FN2O5. The molecule has 4 rings (SSSR count). The lowest BCUT2D eigenvalue weighted by Gasteiger charge is -2.36. The number of halogens is 1. The van der Waals surface area contributed by atoms with Crippen LogP contribution in [0.15, 0.2) is 96.2 Å². The number of allylic oxidation sites excluding steroid dienone is 3. The summed E-state index contributed by atoms with van der Waals surface area (Å²) in [5, 5.41) is 7.00. The number of anilines is 1. The third-order valence-corrected chi connectivity index (χ3v) is 7.71. The molecule has 3 aromatic rings. The highest BCUT2D eigenvalue weighted by Gasteiger charge is 2.31. The second-order valence-electron chi connectivity index (χ2n) is 13.4. The van der Waals surface area contributed by atoms with Gasteiger partial charge in [-0.1, -0.05) is 102 Å². The predicted molar refractivity (Wildman–Crippen MR) is 221 cm³/mol. The Morgan fingerprint density at radius 3 is 1.91 bits per heavy atom. The molecule has 0 aliphatic carbocycles. The number of benzene rings is 3. The maximum atomic E-state index is 13.6. The highest BCUT2D eigenvalue weighted by molar-refractivity contribution is 5.91. The number of hydrogen-bond acceptors (Lipinski definition) is 7. The molecule has 0 amide bonds. The van der Waals surface area contributed by atoms with Crippen LogP contribution < -0.4 is 5.73 Å². The van der Waals surface area contributed by atoms with Crippen molar-refractivity contribution in [1.82, 2.24) is 4.90 Å². The van der Waals surface area contributed by atoms with Crippen LogP contribution in [0.4, 0.5) is 10.1 Å². The molecule has 1 fully saturated rings. The second kappa shape index (κ2) is 26.7. The number of aliphatic hydroxyl groups excluding tert-OH is 1. The Balaban J connectivity index is 0.00000179. The van der Waals surface area contributed by atoms with Gasteiger partial charge in [-0.15, -0.1) is 0 Å². The van der Waals surface area contributed by atoms with Crippen LogP contribution >= 0.6 is 0 Å².